The van der Waals surface area contributed by atoms with E-state index < -0.39 is 37.9 Å². The number of nitrogens with two attached hydrogens (primary N) is 1. The molecule has 0 saturated carbocycles. The van der Waals surface area contributed by atoms with Crippen LogP contribution in [0.2, 0.25) is 0 Å². The number of rotatable bonds is 3. The molecule has 0 saturated heterocycles. The average molecular weight is 303 g/mol. The molecule has 1 aliphatic rings. The molecular weight excluding hydrogens is 289 g/mol. The molecule has 0 radical (unpaired) electrons. The number of ether oxygens (including phenoxy) is 1. The Balaban J connectivity index is 2.37. The maximum absolute atomic E-state index is 11.7. The molecule has 5 N–H and O–H groups in total. The third-order valence-corrected chi connectivity index (χ3v) is 3.81. The third-order valence-electron chi connectivity index (χ3n) is 2.85. The van der Waals surface area contributed by atoms with Crippen molar-refractivity contribution in [3.63, 3.8) is 0 Å². The normalized spacial score (nSPS) is 26.6. The van der Waals surface area contributed by atoms with Crippen molar-refractivity contribution in [2.75, 3.05) is 12.3 Å². The van der Waals surface area contributed by atoms with Crippen LogP contribution in [0, 0.1) is 0 Å². The lowest BCUT2D eigenvalue weighted by atomic mass is 10.1. The molecule has 1 aliphatic heterocycles. The van der Waals surface area contributed by atoms with Crippen LogP contribution in [0.3, 0.4) is 0 Å². The number of hydrogen-bond acceptors (Lipinski definition) is 6. The van der Waals surface area contributed by atoms with E-state index in [2.05, 4.69) is 4.98 Å². The van der Waals surface area contributed by atoms with E-state index in [1.807, 2.05) is 0 Å². The summed E-state index contributed by atoms with van der Waals surface area (Å²) in [4.78, 5) is 33.4. The summed E-state index contributed by atoms with van der Waals surface area (Å²) in [5.41, 5.74) is 4.73. The highest BCUT2D eigenvalue weighted by molar-refractivity contribution is 7.52. The zero-order valence-corrected chi connectivity index (χ0v) is 11.1. The molecule has 0 amide bonds. The first-order valence-electron chi connectivity index (χ1n) is 5.67. The van der Waals surface area contributed by atoms with Gasteiger partial charge in [-0.25, -0.2) is 4.79 Å². The van der Waals surface area contributed by atoms with Crippen LogP contribution in [0.4, 0.5) is 5.82 Å². The van der Waals surface area contributed by atoms with Crippen LogP contribution in [0.5, 0.6) is 0 Å². The Morgan fingerprint density at radius 2 is 2.15 bits per heavy atom. The standard InChI is InChI=1S/C10H14N3O6P/c11-8-3-4-13(10(15)12-8)6-1-2-9(20(16,17)18)19-7(6)5-14/h1-4,6-7,9,14H,5H2,(H2,11,12,15)(H2,16,17,18)/t6-,7-,9+/m0/s1. The minimum Gasteiger partial charge on any atom is -0.394 e. The Labute approximate surface area is 113 Å². The van der Waals surface area contributed by atoms with Crippen LogP contribution >= 0.6 is 7.60 Å². The van der Waals surface area contributed by atoms with Gasteiger partial charge in [0.05, 0.1) is 12.6 Å². The molecule has 2 heterocycles. The van der Waals surface area contributed by atoms with E-state index >= 15 is 0 Å². The van der Waals surface area contributed by atoms with Crippen molar-refractivity contribution in [3.05, 3.63) is 34.9 Å². The largest absolute Gasteiger partial charge is 0.394 e. The van der Waals surface area contributed by atoms with Gasteiger partial charge in [-0.15, -0.1) is 0 Å². The first-order valence-corrected chi connectivity index (χ1v) is 7.35. The molecule has 2 rings (SSSR count). The van der Waals surface area contributed by atoms with Crippen LogP contribution in [0.1, 0.15) is 6.04 Å². The highest BCUT2D eigenvalue weighted by Gasteiger charge is 2.36. The summed E-state index contributed by atoms with van der Waals surface area (Å²) < 4.78 is 17.4. The molecule has 1 aromatic rings. The number of nitrogens with zero attached hydrogens (tertiary/aromatic N) is 2. The first kappa shape index (κ1) is 14.9. The zero-order valence-electron chi connectivity index (χ0n) is 10.2. The quantitative estimate of drug-likeness (QED) is 0.403. The summed E-state index contributed by atoms with van der Waals surface area (Å²) in [5, 5.41) is 9.28. The van der Waals surface area contributed by atoms with Crippen LogP contribution in [0.15, 0.2) is 29.2 Å². The molecule has 0 spiro atoms. The molecule has 110 valence electrons. The van der Waals surface area contributed by atoms with E-state index in [-0.39, 0.29) is 5.82 Å². The van der Waals surface area contributed by atoms with E-state index in [0.29, 0.717) is 0 Å². The van der Waals surface area contributed by atoms with Crippen molar-refractivity contribution in [2.24, 2.45) is 0 Å². The summed E-state index contributed by atoms with van der Waals surface area (Å²) in [6.07, 6.45) is 2.97. The molecule has 3 atom stereocenters. The van der Waals surface area contributed by atoms with Crippen molar-refractivity contribution in [2.45, 2.75) is 18.0 Å². The lowest BCUT2D eigenvalue weighted by Crippen LogP contribution is -2.40. The average Bonchev–Trinajstić information content (AvgIpc) is 2.37. The highest BCUT2D eigenvalue weighted by Crippen LogP contribution is 2.45. The smallest absolute Gasteiger partial charge is 0.357 e. The number of aromatic nitrogens is 2. The maximum Gasteiger partial charge on any atom is 0.357 e. The van der Waals surface area contributed by atoms with Gasteiger partial charge >= 0.3 is 13.3 Å². The molecule has 0 bridgehead atoms. The van der Waals surface area contributed by atoms with Gasteiger partial charge in [-0.05, 0) is 12.1 Å². The van der Waals surface area contributed by atoms with Gasteiger partial charge in [0.2, 0.25) is 0 Å². The molecular formula is C10H14N3O6P. The van der Waals surface area contributed by atoms with Gasteiger partial charge in [0.1, 0.15) is 11.9 Å². The van der Waals surface area contributed by atoms with Crippen molar-refractivity contribution in [3.8, 4) is 0 Å². The second kappa shape index (κ2) is 5.47. The van der Waals surface area contributed by atoms with E-state index in [1.54, 1.807) is 0 Å². The number of anilines is 1. The maximum atomic E-state index is 11.7. The Morgan fingerprint density at radius 3 is 2.70 bits per heavy atom. The van der Waals surface area contributed by atoms with E-state index in [0.717, 1.165) is 0 Å². The Hall–Kier alpha value is -1.51. The van der Waals surface area contributed by atoms with Gasteiger partial charge in [-0.2, -0.15) is 4.98 Å². The number of hydrogen-bond donors (Lipinski definition) is 4. The van der Waals surface area contributed by atoms with Crippen molar-refractivity contribution in [1.29, 1.82) is 0 Å². The van der Waals surface area contributed by atoms with E-state index in [4.69, 9.17) is 20.3 Å². The predicted molar refractivity (Wildman–Crippen MR) is 68.9 cm³/mol. The minimum atomic E-state index is -4.47. The molecule has 0 aromatic carbocycles. The second-order valence-electron chi connectivity index (χ2n) is 4.25. The van der Waals surface area contributed by atoms with Gasteiger partial charge in [-0.3, -0.25) is 9.13 Å². The Bertz CT molecular complexity index is 624. The van der Waals surface area contributed by atoms with E-state index in [9.17, 15) is 14.5 Å². The van der Waals surface area contributed by atoms with Crippen LogP contribution in [-0.2, 0) is 9.30 Å². The minimum absolute atomic E-state index is 0.0561. The Morgan fingerprint density at radius 1 is 1.45 bits per heavy atom. The van der Waals surface area contributed by atoms with Crippen molar-refractivity contribution >= 4 is 13.4 Å². The summed E-state index contributed by atoms with van der Waals surface area (Å²) in [5.74, 6) is -1.38. The van der Waals surface area contributed by atoms with Crippen LogP contribution < -0.4 is 11.4 Å². The number of aliphatic hydroxyl groups is 1. The monoisotopic (exact) mass is 303 g/mol. The topological polar surface area (TPSA) is 148 Å². The third kappa shape index (κ3) is 2.97. The molecule has 1 aromatic heterocycles. The fourth-order valence-corrected chi connectivity index (χ4v) is 2.54. The summed E-state index contributed by atoms with van der Waals surface area (Å²) >= 11 is 0. The number of aliphatic hydroxyl groups excluding tert-OH is 1. The number of nitrogen functional groups attached to an aromatic ring is 1. The molecule has 9 nitrogen and oxygen atoms in total. The van der Waals surface area contributed by atoms with Gasteiger partial charge in [0, 0.05) is 6.20 Å². The molecule has 0 unspecified atom stereocenters. The first-order chi connectivity index (χ1) is 9.32. The lowest BCUT2D eigenvalue weighted by molar-refractivity contribution is -0.0266. The SMILES string of the molecule is Nc1ccn([C@H]2C=C[C@@H](P(=O)(O)O)O[C@H]2CO)c(=O)n1. The lowest BCUT2D eigenvalue weighted by Gasteiger charge is -2.32. The fraction of sp³-hybridized carbons (Fsp3) is 0.400. The van der Waals surface area contributed by atoms with Crippen LogP contribution in [0.25, 0.3) is 0 Å². The molecule has 10 heteroatoms. The Kier molecular flexibility index (Phi) is 4.07. The predicted octanol–water partition coefficient (Wildman–Crippen LogP) is -1.18. The highest BCUT2D eigenvalue weighted by atomic mass is 31.2. The van der Waals surface area contributed by atoms with E-state index in [1.165, 1.54) is 29.0 Å². The van der Waals surface area contributed by atoms with Crippen molar-refractivity contribution in [1.82, 2.24) is 9.55 Å². The molecule has 0 fully saturated rings. The van der Waals surface area contributed by atoms with Gasteiger partial charge < -0.3 is 25.4 Å². The van der Waals surface area contributed by atoms with Gasteiger partial charge in [0.25, 0.3) is 0 Å². The molecule has 0 aliphatic carbocycles. The second-order valence-corrected chi connectivity index (χ2v) is 5.94. The fourth-order valence-electron chi connectivity index (χ4n) is 1.90. The van der Waals surface area contributed by atoms with Crippen molar-refractivity contribution < 1.29 is 24.2 Å². The summed E-state index contributed by atoms with van der Waals surface area (Å²) in [6.45, 7) is -0.512. The summed E-state index contributed by atoms with van der Waals surface area (Å²) in [6, 6.07) is 0.682. The molecule has 20 heavy (non-hydrogen) atoms. The van der Waals surface area contributed by atoms with Gasteiger partial charge in [-0.1, -0.05) is 6.08 Å². The zero-order chi connectivity index (χ0) is 14.9. The van der Waals surface area contributed by atoms with Crippen LogP contribution in [-0.4, -0.2) is 43.0 Å². The summed E-state index contributed by atoms with van der Waals surface area (Å²) in [7, 11) is -4.47. The van der Waals surface area contributed by atoms with Gasteiger partial charge in [0.15, 0.2) is 5.85 Å².